The van der Waals surface area contributed by atoms with Gasteiger partial charge < -0.3 is 14.8 Å². The zero-order valence-electron chi connectivity index (χ0n) is 11.0. The molecule has 21 heavy (non-hydrogen) atoms. The summed E-state index contributed by atoms with van der Waals surface area (Å²) in [6, 6.07) is 8.61. The number of aliphatic hydroxyl groups is 1. The molecule has 0 fully saturated rings. The van der Waals surface area contributed by atoms with Gasteiger partial charge in [-0.05, 0) is 36.8 Å². The summed E-state index contributed by atoms with van der Waals surface area (Å²) < 4.78 is 13.3. The van der Waals surface area contributed by atoms with Gasteiger partial charge in [-0.15, -0.1) is 0 Å². The van der Waals surface area contributed by atoms with Crippen LogP contribution in [0.25, 0.3) is 11.0 Å². The molecule has 0 aliphatic carbocycles. The van der Waals surface area contributed by atoms with Crippen LogP contribution < -0.4 is 5.32 Å². The quantitative estimate of drug-likeness (QED) is 0.754. The van der Waals surface area contributed by atoms with Crippen molar-refractivity contribution in [3.8, 4) is 0 Å². The number of hydrogen-bond acceptors (Lipinski definition) is 6. The zero-order chi connectivity index (χ0) is 14.7. The van der Waals surface area contributed by atoms with Gasteiger partial charge in [-0.1, -0.05) is 0 Å². The van der Waals surface area contributed by atoms with Crippen LogP contribution in [0.4, 0.5) is 0 Å². The largest absolute Gasteiger partial charge is 0.467 e. The summed E-state index contributed by atoms with van der Waals surface area (Å²) in [4.78, 5) is 12.0. The molecule has 1 atom stereocenters. The number of fused-ring (bicyclic) bond motifs is 1. The molecule has 0 radical (unpaired) electrons. The third-order valence-electron chi connectivity index (χ3n) is 3.09. The predicted molar refractivity (Wildman–Crippen MR) is 78.0 cm³/mol. The minimum atomic E-state index is -0.717. The van der Waals surface area contributed by atoms with E-state index in [2.05, 4.69) is 14.1 Å². The standard InChI is InChI=1S/C14H13N3O3S/c18-12(13-2-1-7-20-13)5-6-15-14(19)9-3-4-10-11(8-9)17-21-16-10/h1-4,7-8,12,18H,5-6H2,(H,15,19). The highest BCUT2D eigenvalue weighted by Gasteiger charge is 2.12. The molecule has 0 saturated carbocycles. The number of carbonyl (C=O) groups excluding carboxylic acids is 1. The Labute approximate surface area is 124 Å². The Hall–Kier alpha value is -2.25. The normalized spacial score (nSPS) is 12.4. The van der Waals surface area contributed by atoms with Crippen LogP contribution in [-0.4, -0.2) is 26.3 Å². The van der Waals surface area contributed by atoms with E-state index in [1.807, 2.05) is 0 Å². The van der Waals surface area contributed by atoms with Crippen LogP contribution in [0, 0.1) is 0 Å². The van der Waals surface area contributed by atoms with E-state index in [0.717, 1.165) is 17.2 Å². The van der Waals surface area contributed by atoms with E-state index in [1.54, 1.807) is 30.3 Å². The van der Waals surface area contributed by atoms with Crippen molar-refractivity contribution >= 4 is 28.7 Å². The molecule has 3 rings (SSSR count). The number of benzene rings is 1. The Kier molecular flexibility index (Phi) is 3.94. The first-order valence-electron chi connectivity index (χ1n) is 6.46. The van der Waals surface area contributed by atoms with Crippen LogP contribution in [0.1, 0.15) is 28.6 Å². The lowest BCUT2D eigenvalue weighted by molar-refractivity contribution is 0.0936. The summed E-state index contributed by atoms with van der Waals surface area (Å²) in [5.74, 6) is 0.302. The first kappa shape index (κ1) is 13.7. The van der Waals surface area contributed by atoms with E-state index in [0.29, 0.717) is 29.8 Å². The predicted octanol–water partition coefficient (Wildman–Crippen LogP) is 2.14. The molecule has 2 heterocycles. The lowest BCUT2D eigenvalue weighted by atomic mass is 10.1. The van der Waals surface area contributed by atoms with Crippen LogP contribution >= 0.6 is 11.7 Å². The van der Waals surface area contributed by atoms with Gasteiger partial charge in [0.05, 0.1) is 18.0 Å². The van der Waals surface area contributed by atoms with Crippen LogP contribution in [0.3, 0.4) is 0 Å². The minimum Gasteiger partial charge on any atom is -0.467 e. The highest BCUT2D eigenvalue weighted by atomic mass is 32.1. The fraction of sp³-hybridized carbons (Fsp3) is 0.214. The lowest BCUT2D eigenvalue weighted by Crippen LogP contribution is -2.25. The number of amides is 1. The van der Waals surface area contributed by atoms with Crippen LogP contribution in [-0.2, 0) is 0 Å². The molecule has 1 aromatic carbocycles. The van der Waals surface area contributed by atoms with E-state index < -0.39 is 6.10 Å². The van der Waals surface area contributed by atoms with Gasteiger partial charge >= 0.3 is 0 Å². The number of nitrogens with one attached hydrogen (secondary N) is 1. The Morgan fingerprint density at radius 1 is 1.33 bits per heavy atom. The molecule has 6 nitrogen and oxygen atoms in total. The fourth-order valence-electron chi connectivity index (χ4n) is 1.97. The topological polar surface area (TPSA) is 88.2 Å². The van der Waals surface area contributed by atoms with E-state index in [9.17, 15) is 9.90 Å². The fourth-order valence-corrected chi connectivity index (χ4v) is 2.49. The van der Waals surface area contributed by atoms with Gasteiger partial charge in [0.25, 0.3) is 5.91 Å². The van der Waals surface area contributed by atoms with Gasteiger partial charge in [-0.3, -0.25) is 4.79 Å². The monoisotopic (exact) mass is 303 g/mol. The van der Waals surface area contributed by atoms with Gasteiger partial charge in [0.15, 0.2) is 0 Å². The number of aromatic nitrogens is 2. The summed E-state index contributed by atoms with van der Waals surface area (Å²) in [6.07, 6.45) is 1.18. The third-order valence-corrected chi connectivity index (χ3v) is 3.65. The van der Waals surface area contributed by atoms with Gasteiger partial charge in [-0.25, -0.2) is 0 Å². The maximum absolute atomic E-state index is 12.0. The van der Waals surface area contributed by atoms with Crippen molar-refractivity contribution in [2.24, 2.45) is 0 Å². The molecule has 1 unspecified atom stereocenters. The van der Waals surface area contributed by atoms with Crippen molar-refractivity contribution in [2.75, 3.05) is 6.54 Å². The summed E-state index contributed by atoms with van der Waals surface area (Å²) in [5, 5.41) is 12.6. The molecular formula is C14H13N3O3S. The number of hydrogen-bond donors (Lipinski definition) is 2. The molecule has 3 aromatic rings. The first-order valence-corrected chi connectivity index (χ1v) is 7.19. The van der Waals surface area contributed by atoms with Crippen LogP contribution in [0.5, 0.6) is 0 Å². The van der Waals surface area contributed by atoms with E-state index in [4.69, 9.17) is 4.42 Å². The molecule has 0 aliphatic rings. The molecule has 0 bridgehead atoms. The molecule has 0 spiro atoms. The number of nitrogens with zero attached hydrogens (tertiary/aromatic N) is 2. The Balaban J connectivity index is 1.56. The highest BCUT2D eigenvalue weighted by molar-refractivity contribution is 7.00. The first-order chi connectivity index (χ1) is 10.2. The summed E-state index contributed by atoms with van der Waals surface area (Å²) >= 11 is 1.12. The molecule has 1 amide bonds. The Bertz CT molecular complexity index is 739. The van der Waals surface area contributed by atoms with Gasteiger partial charge in [0.2, 0.25) is 0 Å². The molecule has 0 aliphatic heterocycles. The SMILES string of the molecule is O=C(NCCC(O)c1ccco1)c1ccc2nsnc2c1. The maximum atomic E-state index is 12.0. The molecule has 7 heteroatoms. The van der Waals surface area contributed by atoms with E-state index in [-0.39, 0.29) is 5.91 Å². The average molecular weight is 303 g/mol. The highest BCUT2D eigenvalue weighted by Crippen LogP contribution is 2.16. The molecule has 108 valence electrons. The second-order valence-electron chi connectivity index (χ2n) is 4.54. The molecule has 2 N–H and O–H groups in total. The van der Waals surface area contributed by atoms with Gasteiger partial charge in [-0.2, -0.15) is 8.75 Å². The number of aliphatic hydroxyl groups excluding tert-OH is 1. The minimum absolute atomic E-state index is 0.198. The smallest absolute Gasteiger partial charge is 0.251 e. The maximum Gasteiger partial charge on any atom is 0.251 e. The lowest BCUT2D eigenvalue weighted by Gasteiger charge is -2.09. The molecular weight excluding hydrogens is 290 g/mol. The second-order valence-corrected chi connectivity index (χ2v) is 5.07. The van der Waals surface area contributed by atoms with Crippen molar-refractivity contribution in [1.82, 2.24) is 14.1 Å². The number of furan rings is 1. The summed E-state index contributed by atoms with van der Waals surface area (Å²) in [7, 11) is 0. The number of carbonyl (C=O) groups is 1. The van der Waals surface area contributed by atoms with Crippen molar-refractivity contribution in [2.45, 2.75) is 12.5 Å². The summed E-state index contributed by atoms with van der Waals surface area (Å²) in [6.45, 7) is 0.355. The van der Waals surface area contributed by atoms with Gasteiger partial charge in [0.1, 0.15) is 22.9 Å². The average Bonchev–Trinajstić information content (AvgIpc) is 3.17. The number of rotatable bonds is 5. The van der Waals surface area contributed by atoms with Crippen molar-refractivity contribution in [3.63, 3.8) is 0 Å². The van der Waals surface area contributed by atoms with E-state index in [1.165, 1.54) is 6.26 Å². The Morgan fingerprint density at radius 3 is 3.00 bits per heavy atom. The second kappa shape index (κ2) is 6.02. The van der Waals surface area contributed by atoms with E-state index >= 15 is 0 Å². The van der Waals surface area contributed by atoms with Crippen molar-refractivity contribution in [1.29, 1.82) is 0 Å². The van der Waals surface area contributed by atoms with Crippen LogP contribution in [0.15, 0.2) is 41.0 Å². The van der Waals surface area contributed by atoms with Crippen molar-refractivity contribution in [3.05, 3.63) is 47.9 Å². The molecule has 0 saturated heterocycles. The van der Waals surface area contributed by atoms with Crippen molar-refractivity contribution < 1.29 is 14.3 Å². The van der Waals surface area contributed by atoms with Gasteiger partial charge in [0, 0.05) is 12.1 Å². The zero-order valence-corrected chi connectivity index (χ0v) is 11.8. The third kappa shape index (κ3) is 3.09. The summed E-state index contributed by atoms with van der Waals surface area (Å²) in [5.41, 5.74) is 2.02. The van der Waals surface area contributed by atoms with Crippen LogP contribution in [0.2, 0.25) is 0 Å². The molecule has 2 aromatic heterocycles. The Morgan fingerprint density at radius 2 is 2.19 bits per heavy atom.